The van der Waals surface area contributed by atoms with Crippen molar-refractivity contribution in [2.45, 2.75) is 13.5 Å². The lowest BCUT2D eigenvalue weighted by molar-refractivity contribution is 0.147. The van der Waals surface area contributed by atoms with Crippen molar-refractivity contribution in [3.05, 3.63) is 64.0 Å². The fourth-order valence-corrected chi connectivity index (χ4v) is 3.75. The van der Waals surface area contributed by atoms with Gasteiger partial charge in [0.1, 0.15) is 11.3 Å². The van der Waals surface area contributed by atoms with Crippen LogP contribution in [0.3, 0.4) is 0 Å². The molecule has 0 amide bonds. The van der Waals surface area contributed by atoms with Gasteiger partial charge in [-0.1, -0.05) is 30.3 Å². The third kappa shape index (κ3) is 3.48. The highest BCUT2D eigenvalue weighted by Gasteiger charge is 2.21. The van der Waals surface area contributed by atoms with Crippen molar-refractivity contribution in [2.24, 2.45) is 0 Å². The fraction of sp³-hybridized carbons (Fsp3) is 0.318. The van der Waals surface area contributed by atoms with E-state index in [4.69, 9.17) is 4.42 Å². The van der Waals surface area contributed by atoms with E-state index in [2.05, 4.69) is 16.8 Å². The number of fused-ring (bicyclic) bond motifs is 1. The van der Waals surface area contributed by atoms with E-state index in [9.17, 15) is 9.90 Å². The molecule has 1 aliphatic heterocycles. The minimum atomic E-state index is -0.410. The van der Waals surface area contributed by atoms with Gasteiger partial charge >= 0.3 is 5.63 Å². The summed E-state index contributed by atoms with van der Waals surface area (Å²) in [4.78, 5) is 16.7. The van der Waals surface area contributed by atoms with Crippen LogP contribution in [0.4, 0.5) is 0 Å². The average molecular weight is 364 g/mol. The van der Waals surface area contributed by atoms with E-state index in [0.29, 0.717) is 23.1 Å². The number of aryl methyl sites for hydroxylation is 1. The molecule has 1 aromatic heterocycles. The Hall–Kier alpha value is -2.63. The van der Waals surface area contributed by atoms with Crippen LogP contribution in [0.5, 0.6) is 5.75 Å². The number of hydrogen-bond donors (Lipinski definition) is 1. The highest BCUT2D eigenvalue weighted by atomic mass is 16.4. The summed E-state index contributed by atoms with van der Waals surface area (Å²) >= 11 is 0. The zero-order valence-corrected chi connectivity index (χ0v) is 15.7. The van der Waals surface area contributed by atoms with Gasteiger partial charge in [-0.2, -0.15) is 0 Å². The Morgan fingerprint density at radius 1 is 1.07 bits per heavy atom. The highest BCUT2D eigenvalue weighted by Crippen LogP contribution is 2.38. The predicted molar refractivity (Wildman–Crippen MR) is 107 cm³/mol. The summed E-state index contributed by atoms with van der Waals surface area (Å²) in [5.74, 6) is 0.214. The van der Waals surface area contributed by atoms with E-state index in [1.54, 1.807) is 0 Å². The van der Waals surface area contributed by atoms with Gasteiger partial charge in [-0.3, -0.25) is 4.90 Å². The van der Waals surface area contributed by atoms with Crippen LogP contribution >= 0.6 is 0 Å². The number of nitrogens with zero attached hydrogens (tertiary/aromatic N) is 2. The molecule has 5 nitrogen and oxygen atoms in total. The number of piperazine rings is 1. The van der Waals surface area contributed by atoms with Gasteiger partial charge in [-0.05, 0) is 31.2 Å². The molecule has 0 bridgehead atoms. The van der Waals surface area contributed by atoms with Crippen molar-refractivity contribution < 1.29 is 9.52 Å². The Bertz CT molecular complexity index is 1020. The first-order chi connectivity index (χ1) is 13.0. The maximum Gasteiger partial charge on any atom is 0.336 e. The van der Waals surface area contributed by atoms with Gasteiger partial charge in [0.2, 0.25) is 0 Å². The van der Waals surface area contributed by atoms with E-state index >= 15 is 0 Å². The molecule has 1 aliphatic rings. The molecule has 2 aromatic carbocycles. The summed E-state index contributed by atoms with van der Waals surface area (Å²) < 4.78 is 5.41. The largest absolute Gasteiger partial charge is 0.507 e. The lowest BCUT2D eigenvalue weighted by Gasteiger charge is -2.32. The van der Waals surface area contributed by atoms with E-state index in [1.807, 2.05) is 43.3 Å². The Morgan fingerprint density at radius 2 is 1.78 bits per heavy atom. The molecule has 0 spiro atoms. The zero-order chi connectivity index (χ0) is 19.0. The molecule has 0 radical (unpaired) electrons. The molecule has 2 heterocycles. The van der Waals surface area contributed by atoms with Crippen LogP contribution in [0.1, 0.15) is 11.1 Å². The maximum absolute atomic E-state index is 12.1. The fourth-order valence-electron chi connectivity index (χ4n) is 3.75. The minimum Gasteiger partial charge on any atom is -0.507 e. The molecule has 4 rings (SSSR count). The third-order valence-electron chi connectivity index (χ3n) is 5.40. The number of hydrogen-bond acceptors (Lipinski definition) is 5. The van der Waals surface area contributed by atoms with Crippen LogP contribution in [0.25, 0.3) is 22.1 Å². The molecule has 27 heavy (non-hydrogen) atoms. The van der Waals surface area contributed by atoms with Crippen molar-refractivity contribution in [1.82, 2.24) is 9.80 Å². The summed E-state index contributed by atoms with van der Waals surface area (Å²) in [6, 6.07) is 13.0. The average Bonchev–Trinajstić information content (AvgIpc) is 2.66. The monoisotopic (exact) mass is 364 g/mol. The second-order valence-corrected chi connectivity index (χ2v) is 7.32. The molecule has 0 saturated carbocycles. The number of rotatable bonds is 3. The van der Waals surface area contributed by atoms with Crippen LogP contribution in [-0.4, -0.2) is 48.1 Å². The smallest absolute Gasteiger partial charge is 0.336 e. The first-order valence-electron chi connectivity index (χ1n) is 9.28. The standard InChI is InChI=1S/C22H24N2O3/c1-15-12-19-21(17(13-20(25)27-19)16-6-4-3-5-7-16)22(26)18(15)14-24-10-8-23(2)9-11-24/h3-7,12-13,26H,8-11,14H2,1-2H3. The van der Waals surface area contributed by atoms with E-state index in [0.717, 1.165) is 42.9 Å². The molecular formula is C22H24N2O3. The van der Waals surface area contributed by atoms with Crippen LogP contribution in [0.15, 0.2) is 51.7 Å². The lowest BCUT2D eigenvalue weighted by atomic mass is 9.96. The van der Waals surface area contributed by atoms with Gasteiger partial charge in [-0.15, -0.1) is 0 Å². The predicted octanol–water partition coefficient (Wildman–Crippen LogP) is 3.22. The zero-order valence-electron chi connectivity index (χ0n) is 15.7. The SMILES string of the molecule is Cc1cc2oc(=O)cc(-c3ccccc3)c2c(O)c1CN1CCN(C)CC1. The van der Waals surface area contributed by atoms with Gasteiger partial charge in [-0.25, -0.2) is 4.79 Å². The van der Waals surface area contributed by atoms with Gasteiger partial charge < -0.3 is 14.4 Å². The Morgan fingerprint density at radius 3 is 2.48 bits per heavy atom. The first kappa shape index (κ1) is 17.8. The second-order valence-electron chi connectivity index (χ2n) is 7.32. The van der Waals surface area contributed by atoms with Gasteiger partial charge in [0, 0.05) is 49.9 Å². The molecular weight excluding hydrogens is 340 g/mol. The summed E-state index contributed by atoms with van der Waals surface area (Å²) in [5.41, 5.74) is 3.45. The van der Waals surface area contributed by atoms with E-state index < -0.39 is 5.63 Å². The number of phenols is 1. The molecule has 1 N–H and O–H groups in total. The van der Waals surface area contributed by atoms with Crippen LogP contribution in [-0.2, 0) is 6.54 Å². The van der Waals surface area contributed by atoms with Crippen molar-refractivity contribution in [2.75, 3.05) is 33.2 Å². The number of benzene rings is 2. The Kier molecular flexibility index (Phi) is 4.72. The number of phenolic OH excluding ortho intramolecular Hbond substituents is 1. The molecule has 140 valence electrons. The Balaban J connectivity index is 1.84. The topological polar surface area (TPSA) is 56.9 Å². The summed E-state index contributed by atoms with van der Waals surface area (Å²) in [6.07, 6.45) is 0. The maximum atomic E-state index is 12.1. The van der Waals surface area contributed by atoms with Crippen molar-refractivity contribution >= 4 is 11.0 Å². The van der Waals surface area contributed by atoms with Crippen molar-refractivity contribution in [3.8, 4) is 16.9 Å². The van der Waals surface area contributed by atoms with Crippen LogP contribution in [0.2, 0.25) is 0 Å². The number of likely N-dealkylation sites (N-methyl/N-ethyl adjacent to an activating group) is 1. The molecule has 1 saturated heterocycles. The van der Waals surface area contributed by atoms with Crippen LogP contribution < -0.4 is 5.63 Å². The lowest BCUT2D eigenvalue weighted by Crippen LogP contribution is -2.43. The van der Waals surface area contributed by atoms with Crippen LogP contribution in [0, 0.1) is 6.92 Å². The summed E-state index contributed by atoms with van der Waals surface area (Å²) in [6.45, 7) is 6.65. The third-order valence-corrected chi connectivity index (χ3v) is 5.40. The van der Waals surface area contributed by atoms with Gasteiger partial charge in [0.05, 0.1) is 5.39 Å². The highest BCUT2D eigenvalue weighted by molar-refractivity contribution is 5.98. The molecule has 5 heteroatoms. The molecule has 1 fully saturated rings. The second kappa shape index (κ2) is 7.18. The molecule has 0 atom stereocenters. The van der Waals surface area contributed by atoms with Crippen molar-refractivity contribution in [1.29, 1.82) is 0 Å². The molecule has 3 aromatic rings. The minimum absolute atomic E-state index is 0.214. The normalized spacial score (nSPS) is 16.1. The summed E-state index contributed by atoms with van der Waals surface area (Å²) in [7, 11) is 2.13. The molecule has 0 unspecified atom stereocenters. The van der Waals surface area contributed by atoms with E-state index in [-0.39, 0.29) is 5.75 Å². The summed E-state index contributed by atoms with van der Waals surface area (Å²) in [5, 5.41) is 11.8. The van der Waals surface area contributed by atoms with Crippen molar-refractivity contribution in [3.63, 3.8) is 0 Å². The quantitative estimate of drug-likeness (QED) is 0.723. The first-order valence-corrected chi connectivity index (χ1v) is 9.28. The Labute approximate surface area is 158 Å². The van der Waals surface area contributed by atoms with E-state index in [1.165, 1.54) is 6.07 Å². The molecule has 0 aliphatic carbocycles. The van der Waals surface area contributed by atoms with Gasteiger partial charge in [0.25, 0.3) is 0 Å². The number of aromatic hydroxyl groups is 1. The van der Waals surface area contributed by atoms with Gasteiger partial charge in [0.15, 0.2) is 0 Å².